The minimum absolute atomic E-state index is 0.124. The first-order valence-electron chi connectivity index (χ1n) is 14.1. The number of halogens is 2. The zero-order chi connectivity index (χ0) is 34.1. The maximum atomic E-state index is 10.6. The van der Waals surface area contributed by atoms with Gasteiger partial charge >= 0.3 is 5.97 Å². The first-order valence-corrected chi connectivity index (χ1v) is 14.8. The molecule has 46 heavy (non-hydrogen) atoms. The lowest BCUT2D eigenvalue weighted by Gasteiger charge is -2.17. The quantitative estimate of drug-likeness (QED) is 0.0664. The third kappa shape index (κ3) is 14.3. The summed E-state index contributed by atoms with van der Waals surface area (Å²) in [5, 5.41) is 42.5. The number of ether oxygens (including phenoxy) is 1. The highest BCUT2D eigenvalue weighted by molar-refractivity contribution is 6.31. The molecule has 0 aromatic heterocycles. The predicted molar refractivity (Wildman–Crippen MR) is 180 cm³/mol. The van der Waals surface area contributed by atoms with E-state index in [1.165, 1.54) is 0 Å². The van der Waals surface area contributed by atoms with Gasteiger partial charge in [0.1, 0.15) is 12.2 Å². The van der Waals surface area contributed by atoms with Crippen LogP contribution >= 0.6 is 23.2 Å². The Morgan fingerprint density at radius 2 is 1.20 bits per heavy atom. The maximum Gasteiger partial charge on any atom is 0.338 e. The summed E-state index contributed by atoms with van der Waals surface area (Å²) in [5.41, 5.74) is 24.8. The van der Waals surface area contributed by atoms with Gasteiger partial charge in [-0.25, -0.2) is 4.79 Å². The molecule has 0 spiro atoms. The zero-order valence-electron chi connectivity index (χ0n) is 24.8. The molecule has 0 amide bonds. The summed E-state index contributed by atoms with van der Waals surface area (Å²) in [6.45, 7) is 0.486. The molecule has 1 aliphatic rings. The number of aliphatic hydroxyl groups excluding tert-OH is 4. The first-order chi connectivity index (χ1) is 21.9. The predicted octanol–water partition coefficient (Wildman–Crippen LogP) is 0.323. The number of anilines is 2. The lowest BCUT2D eigenvalue weighted by Crippen LogP contribution is -2.40. The number of hydrogen-bond acceptors (Lipinski definition) is 8. The fraction of sp³-hybridized carbons (Fsp3) is 0.393. The molecule has 0 radical (unpaired) electrons. The summed E-state index contributed by atoms with van der Waals surface area (Å²) < 4.78 is 4.39. The third-order valence-corrected chi connectivity index (χ3v) is 6.54. The molecule has 1 unspecified atom stereocenters. The number of benzene rings is 2. The van der Waals surface area contributed by atoms with Gasteiger partial charge in [0.2, 0.25) is 23.8 Å². The maximum absolute atomic E-state index is 10.6. The molecular weight excluding hydrogens is 643 g/mol. The lowest BCUT2D eigenvalue weighted by molar-refractivity contribution is -0.151. The summed E-state index contributed by atoms with van der Waals surface area (Å²) in [7, 11) is 0. The minimum atomic E-state index is -1.63. The third-order valence-electron chi connectivity index (χ3n) is 6.04. The van der Waals surface area contributed by atoms with E-state index in [0.717, 1.165) is 37.1 Å². The van der Waals surface area contributed by atoms with Crippen LogP contribution in [0.1, 0.15) is 25.7 Å². The molecule has 252 valence electrons. The average Bonchev–Trinajstić information content (AvgIpc) is 3.27. The SMILES string of the molecule is NC(=NCCCCCCN=C(N)/N=C(\N)Nc1ccc(Cl)cc1)/N=C(\N)Nc1ccc(Cl)cc1.O=C1O[C@@H](C(O)CO)[C@H](O)[C@H]1O. The fourth-order valence-electron chi connectivity index (χ4n) is 3.70. The number of nitrogens with two attached hydrogens (primary N) is 4. The van der Waals surface area contributed by atoms with Crippen molar-refractivity contribution in [1.82, 2.24) is 0 Å². The standard InChI is InChI=1S/C22H30Cl2N10.C6H10O6/c23-15-5-9-17(10-6-15)31-21(27)33-19(25)29-13-3-1-2-4-14-30-20(26)34-22(28)32-18-11-7-16(24)8-12-18;7-1-2(8)5-3(9)4(10)6(11)12-5/h5-12H,1-4,13-14H2,(H5,25,27,29,31,33)(H5,26,28,30,32,34);2-5,7-10H,1H2/t;2?,3-,4-,5+/m.1/s1. The smallest absolute Gasteiger partial charge is 0.338 e. The summed E-state index contributed by atoms with van der Waals surface area (Å²) in [4.78, 5) is 27.1. The van der Waals surface area contributed by atoms with Gasteiger partial charge in [0.25, 0.3) is 0 Å². The number of rotatable bonds is 11. The highest BCUT2D eigenvalue weighted by Gasteiger charge is 2.45. The molecule has 0 saturated carbocycles. The Kier molecular flexibility index (Phi) is 16.6. The lowest BCUT2D eigenvalue weighted by atomic mass is 10.1. The number of carbonyl (C=O) groups excluding carboxylic acids is 1. The van der Waals surface area contributed by atoms with E-state index < -0.39 is 37.0 Å². The second-order valence-corrected chi connectivity index (χ2v) is 10.6. The monoisotopic (exact) mass is 682 g/mol. The van der Waals surface area contributed by atoms with Crippen LogP contribution in [0.4, 0.5) is 11.4 Å². The van der Waals surface area contributed by atoms with Crippen molar-refractivity contribution in [2.45, 2.75) is 50.1 Å². The van der Waals surface area contributed by atoms with Crippen LogP contribution in [0.15, 0.2) is 68.5 Å². The van der Waals surface area contributed by atoms with E-state index in [9.17, 15) is 4.79 Å². The Balaban J connectivity index is 0.000000512. The first kappa shape index (κ1) is 38.0. The van der Waals surface area contributed by atoms with Gasteiger partial charge in [-0.3, -0.25) is 9.98 Å². The van der Waals surface area contributed by atoms with E-state index in [1.807, 2.05) is 0 Å². The van der Waals surface area contributed by atoms with Crippen LogP contribution in [-0.2, 0) is 9.53 Å². The van der Waals surface area contributed by atoms with Gasteiger partial charge in [-0.05, 0) is 61.4 Å². The number of aliphatic imine (C=N–C) groups is 4. The van der Waals surface area contributed by atoms with Crippen LogP contribution in [-0.4, -0.2) is 94.3 Å². The average molecular weight is 684 g/mol. The van der Waals surface area contributed by atoms with Crippen molar-refractivity contribution in [2.24, 2.45) is 42.9 Å². The number of cyclic esters (lactones) is 1. The number of esters is 1. The molecular formula is C28H40Cl2N10O6. The van der Waals surface area contributed by atoms with Crippen LogP contribution in [0.3, 0.4) is 0 Å². The van der Waals surface area contributed by atoms with Gasteiger partial charge in [0.15, 0.2) is 12.2 Å². The fourth-order valence-corrected chi connectivity index (χ4v) is 3.95. The Bertz CT molecular complexity index is 1280. The van der Waals surface area contributed by atoms with Crippen molar-refractivity contribution in [3.63, 3.8) is 0 Å². The molecule has 3 rings (SSSR count). The number of carbonyl (C=O) groups is 1. The topological polar surface area (TPSA) is 285 Å². The van der Waals surface area contributed by atoms with Gasteiger partial charge in [-0.2, -0.15) is 9.98 Å². The van der Waals surface area contributed by atoms with Crippen molar-refractivity contribution in [2.75, 3.05) is 30.3 Å². The van der Waals surface area contributed by atoms with Gasteiger partial charge in [0, 0.05) is 34.5 Å². The van der Waals surface area contributed by atoms with E-state index in [1.54, 1.807) is 48.5 Å². The molecule has 4 atom stereocenters. The van der Waals surface area contributed by atoms with Crippen molar-refractivity contribution >= 4 is 64.4 Å². The molecule has 2 aromatic rings. The summed E-state index contributed by atoms with van der Waals surface area (Å²) in [6.07, 6.45) is -2.02. The summed E-state index contributed by atoms with van der Waals surface area (Å²) in [6, 6.07) is 14.1. The van der Waals surface area contributed by atoms with Gasteiger partial charge in [0.05, 0.1) is 6.61 Å². The number of aliphatic hydroxyl groups is 4. The van der Waals surface area contributed by atoms with Crippen molar-refractivity contribution in [3.05, 3.63) is 58.6 Å². The minimum Gasteiger partial charge on any atom is -0.455 e. The Morgan fingerprint density at radius 1 is 0.783 bits per heavy atom. The largest absolute Gasteiger partial charge is 0.455 e. The van der Waals surface area contributed by atoms with E-state index >= 15 is 0 Å². The zero-order valence-corrected chi connectivity index (χ0v) is 26.3. The number of unbranched alkanes of at least 4 members (excludes halogenated alkanes) is 3. The summed E-state index contributed by atoms with van der Waals surface area (Å²) in [5.74, 6) is -0.422. The van der Waals surface area contributed by atoms with Crippen molar-refractivity contribution < 1.29 is 30.0 Å². The molecule has 0 aliphatic carbocycles. The van der Waals surface area contributed by atoms with Gasteiger partial charge in [-0.1, -0.05) is 36.0 Å². The molecule has 18 heteroatoms. The van der Waals surface area contributed by atoms with Crippen LogP contribution < -0.4 is 33.6 Å². The second-order valence-electron chi connectivity index (χ2n) is 9.74. The molecule has 16 nitrogen and oxygen atoms in total. The molecule has 1 heterocycles. The van der Waals surface area contributed by atoms with Gasteiger partial charge in [-0.15, -0.1) is 0 Å². The number of nitrogens with zero attached hydrogens (tertiary/aromatic N) is 4. The Labute approximate surface area is 275 Å². The molecule has 14 N–H and O–H groups in total. The number of nitrogens with one attached hydrogen (secondary N) is 2. The number of hydrogen-bond donors (Lipinski definition) is 10. The van der Waals surface area contributed by atoms with E-state index in [4.69, 9.17) is 66.6 Å². The van der Waals surface area contributed by atoms with Crippen LogP contribution in [0, 0.1) is 0 Å². The van der Waals surface area contributed by atoms with Crippen molar-refractivity contribution in [3.8, 4) is 0 Å². The molecule has 1 fully saturated rings. The molecule has 1 saturated heterocycles. The van der Waals surface area contributed by atoms with E-state index in [0.29, 0.717) is 23.1 Å². The molecule has 1 aliphatic heterocycles. The van der Waals surface area contributed by atoms with E-state index in [-0.39, 0.29) is 23.8 Å². The molecule has 2 aromatic carbocycles. The normalized spacial score (nSPS) is 19.6. The van der Waals surface area contributed by atoms with Gasteiger partial charge < -0.3 is 58.7 Å². The molecule has 0 bridgehead atoms. The van der Waals surface area contributed by atoms with Crippen molar-refractivity contribution in [1.29, 1.82) is 0 Å². The van der Waals surface area contributed by atoms with E-state index in [2.05, 4.69) is 35.3 Å². The highest BCUT2D eigenvalue weighted by atomic mass is 35.5. The second kappa shape index (κ2) is 20.0. The highest BCUT2D eigenvalue weighted by Crippen LogP contribution is 2.18. The van der Waals surface area contributed by atoms with Crippen LogP contribution in [0.25, 0.3) is 0 Å². The Morgan fingerprint density at radius 3 is 1.54 bits per heavy atom. The summed E-state index contributed by atoms with van der Waals surface area (Å²) >= 11 is 11.7. The number of guanidine groups is 4. The Hall–Kier alpha value is -4.19. The van der Waals surface area contributed by atoms with Crippen LogP contribution in [0.2, 0.25) is 10.0 Å². The van der Waals surface area contributed by atoms with Crippen LogP contribution in [0.5, 0.6) is 0 Å².